The average molecular weight is 252 g/mol. The first-order valence-corrected chi connectivity index (χ1v) is 5.39. The van der Waals surface area contributed by atoms with Gasteiger partial charge in [-0.3, -0.25) is 14.4 Å². The van der Waals surface area contributed by atoms with Crippen LogP contribution in [0, 0.1) is 6.92 Å². The van der Waals surface area contributed by atoms with E-state index in [0.717, 1.165) is 0 Å². The molecule has 1 aromatic rings. The van der Waals surface area contributed by atoms with Gasteiger partial charge in [-0.2, -0.15) is 0 Å². The van der Waals surface area contributed by atoms with Crippen molar-refractivity contribution in [3.8, 4) is 0 Å². The van der Waals surface area contributed by atoms with Crippen molar-refractivity contribution in [1.29, 1.82) is 0 Å². The molecule has 0 bridgehead atoms. The number of nitrogens with zero attached hydrogens (tertiary/aromatic N) is 1. The Bertz CT molecular complexity index is 493. The predicted molar refractivity (Wildman–Crippen MR) is 66.0 cm³/mol. The molecule has 98 valence electrons. The average Bonchev–Trinajstić information content (AvgIpc) is 2.35. The van der Waals surface area contributed by atoms with E-state index in [1.165, 1.54) is 23.0 Å². The molecule has 0 aliphatic heterocycles. The van der Waals surface area contributed by atoms with Crippen LogP contribution in [-0.2, 0) is 16.6 Å². The zero-order valence-corrected chi connectivity index (χ0v) is 10.4. The molecular weight excluding hydrogens is 236 g/mol. The van der Waals surface area contributed by atoms with E-state index < -0.39 is 5.91 Å². The summed E-state index contributed by atoms with van der Waals surface area (Å²) in [4.78, 5) is 28.0. The quantitative estimate of drug-likeness (QED) is 0.455. The van der Waals surface area contributed by atoms with E-state index in [-0.39, 0.29) is 12.2 Å². The largest absolute Gasteiger partial charge is 0.499 e. The summed E-state index contributed by atoms with van der Waals surface area (Å²) in [6.45, 7) is 5.58. The summed E-state index contributed by atoms with van der Waals surface area (Å²) >= 11 is 0. The lowest BCUT2D eigenvalue weighted by Crippen LogP contribution is -2.29. The lowest BCUT2D eigenvalue weighted by molar-refractivity contribution is 0.0143. The molecule has 0 fully saturated rings. The molecule has 18 heavy (non-hydrogen) atoms. The topological polar surface area (TPSA) is 69.6 Å². The molecule has 0 radical (unpaired) electrons. The van der Waals surface area contributed by atoms with Crippen molar-refractivity contribution in [2.45, 2.75) is 6.92 Å². The summed E-state index contributed by atoms with van der Waals surface area (Å²) in [7, 11) is 1.60. The molecule has 1 aromatic heterocycles. The van der Waals surface area contributed by atoms with Crippen LogP contribution in [0.5, 0.6) is 0 Å². The molecule has 0 saturated carbocycles. The number of aromatic nitrogens is 1. The Kier molecular flexibility index (Phi) is 5.13. The normalized spacial score (nSPS) is 9.89. The number of pyridine rings is 1. The lowest BCUT2D eigenvalue weighted by Gasteiger charge is -2.10. The monoisotopic (exact) mass is 252 g/mol. The summed E-state index contributed by atoms with van der Waals surface area (Å²) in [5.74, 6) is -0.401. The van der Waals surface area contributed by atoms with Crippen molar-refractivity contribution in [1.82, 2.24) is 10.0 Å². The first kappa shape index (κ1) is 14.0. The molecule has 0 aliphatic rings. The third kappa shape index (κ3) is 3.46. The molecule has 1 N–H and O–H groups in total. The summed E-state index contributed by atoms with van der Waals surface area (Å²) in [6, 6.07) is 2.80. The first-order chi connectivity index (χ1) is 8.57. The van der Waals surface area contributed by atoms with E-state index in [1.807, 2.05) is 0 Å². The van der Waals surface area contributed by atoms with Gasteiger partial charge < -0.3 is 9.30 Å². The van der Waals surface area contributed by atoms with Crippen molar-refractivity contribution in [3.05, 3.63) is 46.6 Å². The number of nitrogens with one attached hydrogen (secondary N) is 1. The summed E-state index contributed by atoms with van der Waals surface area (Å²) in [5, 5.41) is 0. The number of hydroxylamine groups is 1. The van der Waals surface area contributed by atoms with Crippen LogP contribution < -0.4 is 11.0 Å². The second-order valence-corrected chi connectivity index (χ2v) is 3.55. The summed E-state index contributed by atoms with van der Waals surface area (Å²) in [6.07, 6.45) is 1.29. The molecule has 0 aromatic carbocycles. The maximum Gasteiger partial charge on any atom is 0.276 e. The van der Waals surface area contributed by atoms with Gasteiger partial charge in [0.05, 0.1) is 11.8 Å². The van der Waals surface area contributed by atoms with Crippen molar-refractivity contribution < 1.29 is 14.4 Å². The molecule has 0 aliphatic carbocycles. The number of carbonyl (C=O) groups excluding carboxylic acids is 1. The van der Waals surface area contributed by atoms with E-state index in [0.29, 0.717) is 17.9 Å². The van der Waals surface area contributed by atoms with Crippen LogP contribution >= 0.6 is 0 Å². The SMILES string of the molecule is C=COCCONC(=O)c1ccc(=O)n(C)c1C. The fourth-order valence-corrected chi connectivity index (χ4v) is 1.32. The van der Waals surface area contributed by atoms with Crippen molar-refractivity contribution in [2.24, 2.45) is 7.05 Å². The maximum atomic E-state index is 11.7. The number of ether oxygens (including phenoxy) is 1. The van der Waals surface area contributed by atoms with E-state index in [2.05, 4.69) is 12.1 Å². The van der Waals surface area contributed by atoms with Gasteiger partial charge in [-0.25, -0.2) is 5.48 Å². The minimum absolute atomic E-state index is 0.163. The van der Waals surface area contributed by atoms with Crippen molar-refractivity contribution in [2.75, 3.05) is 13.2 Å². The fourth-order valence-electron chi connectivity index (χ4n) is 1.32. The van der Waals surface area contributed by atoms with Crippen molar-refractivity contribution in [3.63, 3.8) is 0 Å². The van der Waals surface area contributed by atoms with Gasteiger partial charge in [0.2, 0.25) is 5.56 Å². The molecule has 0 atom stereocenters. The number of hydrogen-bond donors (Lipinski definition) is 1. The first-order valence-electron chi connectivity index (χ1n) is 5.39. The highest BCUT2D eigenvalue weighted by Gasteiger charge is 2.11. The molecule has 0 saturated heterocycles. The maximum absolute atomic E-state index is 11.7. The highest BCUT2D eigenvalue weighted by Crippen LogP contribution is 2.03. The Balaban J connectivity index is 2.60. The van der Waals surface area contributed by atoms with Crippen LogP contribution in [0.2, 0.25) is 0 Å². The van der Waals surface area contributed by atoms with Gasteiger partial charge in [0, 0.05) is 18.8 Å². The molecule has 0 spiro atoms. The van der Waals surface area contributed by atoms with Crippen molar-refractivity contribution >= 4 is 5.91 Å². The van der Waals surface area contributed by atoms with Crippen LogP contribution in [0.4, 0.5) is 0 Å². The van der Waals surface area contributed by atoms with Crippen LogP contribution in [-0.4, -0.2) is 23.7 Å². The van der Waals surface area contributed by atoms with Gasteiger partial charge in [-0.15, -0.1) is 0 Å². The predicted octanol–water partition coefficient (Wildman–Crippen LogP) is 0.515. The van der Waals surface area contributed by atoms with Gasteiger partial charge in [0.25, 0.3) is 5.91 Å². The standard InChI is InChI=1S/C12H16N2O4/c1-4-17-7-8-18-13-12(16)10-5-6-11(15)14(3)9(10)2/h4-6H,1,7-8H2,2-3H3,(H,13,16). The molecule has 1 heterocycles. The second kappa shape index (κ2) is 6.61. The Morgan fingerprint density at radius 2 is 2.22 bits per heavy atom. The number of rotatable bonds is 6. The highest BCUT2D eigenvalue weighted by molar-refractivity contribution is 5.94. The van der Waals surface area contributed by atoms with E-state index >= 15 is 0 Å². The molecule has 6 nitrogen and oxygen atoms in total. The van der Waals surface area contributed by atoms with E-state index in [9.17, 15) is 9.59 Å². The van der Waals surface area contributed by atoms with E-state index in [4.69, 9.17) is 9.57 Å². The summed E-state index contributed by atoms with van der Waals surface area (Å²) < 4.78 is 6.22. The van der Waals surface area contributed by atoms with Gasteiger partial charge in [0.15, 0.2) is 0 Å². The third-order valence-corrected chi connectivity index (χ3v) is 2.45. The van der Waals surface area contributed by atoms with E-state index in [1.54, 1.807) is 14.0 Å². The number of amides is 1. The minimum Gasteiger partial charge on any atom is -0.499 e. The number of hydrogen-bond acceptors (Lipinski definition) is 4. The lowest BCUT2D eigenvalue weighted by atomic mass is 10.2. The molecule has 1 rings (SSSR count). The van der Waals surface area contributed by atoms with Gasteiger partial charge in [0.1, 0.15) is 13.2 Å². The molecular formula is C12H16N2O4. The molecule has 0 unspecified atom stereocenters. The van der Waals surface area contributed by atoms with Crippen LogP contribution in [0.15, 0.2) is 29.8 Å². The molecule has 6 heteroatoms. The Morgan fingerprint density at radius 1 is 1.50 bits per heavy atom. The summed E-state index contributed by atoms with van der Waals surface area (Å²) in [5.41, 5.74) is 3.08. The number of carbonyl (C=O) groups is 1. The van der Waals surface area contributed by atoms with Crippen LogP contribution in [0.1, 0.15) is 16.1 Å². The second-order valence-electron chi connectivity index (χ2n) is 3.55. The zero-order chi connectivity index (χ0) is 13.5. The molecule has 1 amide bonds. The smallest absolute Gasteiger partial charge is 0.276 e. The Hall–Kier alpha value is -2.08. The van der Waals surface area contributed by atoms with Gasteiger partial charge in [-0.1, -0.05) is 6.58 Å². The minimum atomic E-state index is -0.401. The van der Waals surface area contributed by atoms with Gasteiger partial charge >= 0.3 is 0 Å². The Morgan fingerprint density at radius 3 is 2.89 bits per heavy atom. The fraction of sp³-hybridized carbons (Fsp3) is 0.333. The third-order valence-electron chi connectivity index (χ3n) is 2.45. The van der Waals surface area contributed by atoms with Crippen LogP contribution in [0.25, 0.3) is 0 Å². The van der Waals surface area contributed by atoms with Gasteiger partial charge in [-0.05, 0) is 13.0 Å². The zero-order valence-electron chi connectivity index (χ0n) is 10.4. The Labute approximate surface area is 105 Å². The van der Waals surface area contributed by atoms with Crippen LogP contribution in [0.3, 0.4) is 0 Å². The highest BCUT2D eigenvalue weighted by atomic mass is 16.7.